The Morgan fingerprint density at radius 1 is 0.852 bits per heavy atom. The molecule has 0 aliphatic rings. The van der Waals surface area contributed by atoms with Crippen molar-refractivity contribution in [1.82, 2.24) is 0 Å². The smallest absolute Gasteiger partial charge is 0.342 e. The van der Waals surface area contributed by atoms with Crippen LogP contribution in [0.2, 0.25) is 0 Å². The summed E-state index contributed by atoms with van der Waals surface area (Å²) in [5.74, 6) is -1.20. The Morgan fingerprint density at radius 3 is 2.19 bits per heavy atom. The minimum absolute atomic E-state index is 0.0348. The summed E-state index contributed by atoms with van der Waals surface area (Å²) in [6, 6.07) is 20.8. The predicted octanol–water partition coefficient (Wildman–Crippen LogP) is 4.79. The molecule has 4 heteroatoms. The molecule has 0 saturated carbocycles. The summed E-state index contributed by atoms with van der Waals surface area (Å²) in [6.07, 6.45) is -1.10. The lowest BCUT2D eigenvalue weighted by Gasteiger charge is -2.18. The van der Waals surface area contributed by atoms with E-state index in [2.05, 4.69) is 0 Å². The van der Waals surface area contributed by atoms with Gasteiger partial charge in [0.05, 0.1) is 0 Å². The average molecular weight is 360 g/mol. The van der Waals surface area contributed by atoms with Crippen LogP contribution in [-0.2, 0) is 4.74 Å². The Labute approximate surface area is 158 Å². The molecule has 0 aromatic heterocycles. The van der Waals surface area contributed by atoms with E-state index in [1.807, 2.05) is 25.1 Å². The molecule has 0 aliphatic carbocycles. The Morgan fingerprint density at radius 2 is 1.52 bits per heavy atom. The third-order valence-electron chi connectivity index (χ3n) is 4.36. The van der Waals surface area contributed by atoms with Crippen molar-refractivity contribution in [1.29, 1.82) is 0 Å². The summed E-state index contributed by atoms with van der Waals surface area (Å²) in [6.45, 7) is 3.63. The van der Waals surface area contributed by atoms with Crippen LogP contribution in [0.5, 0.6) is 5.75 Å². The lowest BCUT2D eigenvalue weighted by Crippen LogP contribution is -2.20. The minimum Gasteiger partial charge on any atom is -0.507 e. The van der Waals surface area contributed by atoms with Crippen LogP contribution in [0.3, 0.4) is 0 Å². The standard InChI is InChI=1S/C23H20O4/c1-15-11-13-17(14-12-15)21(25)22(18-8-4-3-5-9-18)27-23(26)19-10-6-7-16(2)20(19)24/h3-14,22,24H,1-2H3/t22-/m1/s1. The Hall–Kier alpha value is -3.40. The number of para-hydroxylation sites is 1. The molecule has 1 atom stereocenters. The average Bonchev–Trinajstić information content (AvgIpc) is 2.69. The highest BCUT2D eigenvalue weighted by Crippen LogP contribution is 2.28. The molecular weight excluding hydrogens is 340 g/mol. The zero-order chi connectivity index (χ0) is 19.4. The Bertz CT molecular complexity index is 959. The first-order valence-corrected chi connectivity index (χ1v) is 8.63. The fraction of sp³-hybridized carbons (Fsp3) is 0.130. The molecule has 136 valence electrons. The number of ether oxygens (including phenoxy) is 1. The van der Waals surface area contributed by atoms with Gasteiger partial charge in [-0.2, -0.15) is 0 Å². The lowest BCUT2D eigenvalue weighted by molar-refractivity contribution is 0.0277. The zero-order valence-corrected chi connectivity index (χ0v) is 15.2. The summed E-state index contributed by atoms with van der Waals surface area (Å²) < 4.78 is 5.56. The number of carbonyl (C=O) groups excluding carboxylic acids is 2. The Kier molecular flexibility index (Phi) is 5.36. The van der Waals surface area contributed by atoms with Gasteiger partial charge in [0, 0.05) is 11.1 Å². The van der Waals surface area contributed by atoms with Crippen molar-refractivity contribution >= 4 is 11.8 Å². The topological polar surface area (TPSA) is 63.6 Å². The number of carbonyl (C=O) groups is 2. The maximum Gasteiger partial charge on any atom is 0.342 e. The van der Waals surface area contributed by atoms with Gasteiger partial charge in [0.2, 0.25) is 5.78 Å². The number of aromatic hydroxyl groups is 1. The SMILES string of the molecule is Cc1ccc(C(=O)[C@H](OC(=O)c2cccc(C)c2O)c2ccccc2)cc1. The highest BCUT2D eigenvalue weighted by atomic mass is 16.5. The van der Waals surface area contributed by atoms with E-state index < -0.39 is 12.1 Å². The number of benzene rings is 3. The van der Waals surface area contributed by atoms with Crippen LogP contribution in [0.4, 0.5) is 0 Å². The van der Waals surface area contributed by atoms with Crippen molar-refractivity contribution in [3.63, 3.8) is 0 Å². The number of phenols is 1. The van der Waals surface area contributed by atoms with Crippen molar-refractivity contribution in [3.05, 3.63) is 101 Å². The van der Waals surface area contributed by atoms with Gasteiger partial charge in [0.15, 0.2) is 6.10 Å². The van der Waals surface area contributed by atoms with Crippen LogP contribution in [-0.4, -0.2) is 16.9 Å². The second-order valence-corrected chi connectivity index (χ2v) is 6.40. The van der Waals surface area contributed by atoms with E-state index in [4.69, 9.17) is 4.74 Å². The monoisotopic (exact) mass is 360 g/mol. The molecular formula is C23H20O4. The van der Waals surface area contributed by atoms with Gasteiger partial charge >= 0.3 is 5.97 Å². The van der Waals surface area contributed by atoms with Gasteiger partial charge in [0.1, 0.15) is 11.3 Å². The number of esters is 1. The maximum absolute atomic E-state index is 13.0. The normalized spacial score (nSPS) is 11.6. The fourth-order valence-electron chi connectivity index (χ4n) is 2.76. The van der Waals surface area contributed by atoms with Gasteiger partial charge in [-0.3, -0.25) is 4.79 Å². The van der Waals surface area contributed by atoms with Crippen LogP contribution >= 0.6 is 0 Å². The largest absolute Gasteiger partial charge is 0.507 e. The predicted molar refractivity (Wildman–Crippen MR) is 103 cm³/mol. The molecule has 0 spiro atoms. The van der Waals surface area contributed by atoms with Crippen molar-refractivity contribution in [3.8, 4) is 5.75 Å². The van der Waals surface area contributed by atoms with Gasteiger partial charge < -0.3 is 9.84 Å². The highest BCUT2D eigenvalue weighted by Gasteiger charge is 2.27. The molecule has 0 unspecified atom stereocenters. The molecule has 3 rings (SSSR count). The highest BCUT2D eigenvalue weighted by molar-refractivity contribution is 6.02. The molecule has 1 N–H and O–H groups in total. The molecule has 27 heavy (non-hydrogen) atoms. The van der Waals surface area contributed by atoms with Crippen molar-refractivity contribution in [2.75, 3.05) is 0 Å². The van der Waals surface area contributed by atoms with Crippen LogP contribution in [0.15, 0.2) is 72.8 Å². The summed E-state index contributed by atoms with van der Waals surface area (Å²) in [4.78, 5) is 25.7. The molecule has 3 aromatic carbocycles. The number of Topliss-reactive ketones (excluding diaryl/α,β-unsaturated/α-hetero) is 1. The third-order valence-corrected chi connectivity index (χ3v) is 4.36. The molecule has 0 saturated heterocycles. The number of aryl methyl sites for hydroxylation is 2. The van der Waals surface area contributed by atoms with Gasteiger partial charge in [-0.05, 0) is 25.5 Å². The quantitative estimate of drug-likeness (QED) is 0.525. The van der Waals surface area contributed by atoms with E-state index in [1.165, 1.54) is 6.07 Å². The van der Waals surface area contributed by atoms with Gasteiger partial charge in [0.25, 0.3) is 0 Å². The number of hydrogen-bond acceptors (Lipinski definition) is 4. The zero-order valence-electron chi connectivity index (χ0n) is 15.2. The summed E-state index contributed by atoms with van der Waals surface area (Å²) >= 11 is 0. The third kappa shape index (κ3) is 4.06. The van der Waals surface area contributed by atoms with Crippen LogP contribution in [0.25, 0.3) is 0 Å². The molecule has 4 nitrogen and oxygen atoms in total. The second-order valence-electron chi connectivity index (χ2n) is 6.40. The fourth-order valence-corrected chi connectivity index (χ4v) is 2.76. The molecule has 0 heterocycles. The molecule has 0 fully saturated rings. The second kappa shape index (κ2) is 7.87. The maximum atomic E-state index is 13.0. The van der Waals surface area contributed by atoms with Crippen LogP contribution in [0, 0.1) is 13.8 Å². The van der Waals surface area contributed by atoms with Gasteiger partial charge in [-0.15, -0.1) is 0 Å². The Balaban J connectivity index is 1.95. The van der Waals surface area contributed by atoms with E-state index in [0.29, 0.717) is 16.7 Å². The van der Waals surface area contributed by atoms with E-state index >= 15 is 0 Å². The molecule has 3 aromatic rings. The number of hydrogen-bond donors (Lipinski definition) is 1. The molecule has 0 aliphatic heterocycles. The van der Waals surface area contributed by atoms with E-state index in [-0.39, 0.29) is 17.1 Å². The molecule has 0 amide bonds. The molecule has 0 radical (unpaired) electrons. The number of rotatable bonds is 5. The number of ketones is 1. The van der Waals surface area contributed by atoms with Crippen molar-refractivity contribution < 1.29 is 19.4 Å². The molecule has 0 bridgehead atoms. The van der Waals surface area contributed by atoms with Crippen LogP contribution < -0.4 is 0 Å². The summed E-state index contributed by atoms with van der Waals surface area (Å²) in [5.41, 5.74) is 2.65. The minimum atomic E-state index is -1.10. The first-order chi connectivity index (χ1) is 13.0. The van der Waals surface area contributed by atoms with E-state index in [9.17, 15) is 14.7 Å². The van der Waals surface area contributed by atoms with E-state index in [0.717, 1.165) is 5.56 Å². The van der Waals surface area contributed by atoms with Crippen molar-refractivity contribution in [2.24, 2.45) is 0 Å². The summed E-state index contributed by atoms with van der Waals surface area (Å²) in [7, 11) is 0. The first-order valence-electron chi connectivity index (χ1n) is 8.63. The summed E-state index contributed by atoms with van der Waals surface area (Å²) in [5, 5.41) is 10.2. The van der Waals surface area contributed by atoms with Gasteiger partial charge in [-0.25, -0.2) is 4.79 Å². The van der Waals surface area contributed by atoms with Crippen LogP contribution in [0.1, 0.15) is 43.5 Å². The van der Waals surface area contributed by atoms with E-state index in [1.54, 1.807) is 55.5 Å². The number of phenolic OH excluding ortho intramolecular Hbond substituents is 1. The lowest BCUT2D eigenvalue weighted by atomic mass is 9.99. The van der Waals surface area contributed by atoms with Gasteiger partial charge in [-0.1, -0.05) is 72.3 Å². The first kappa shape index (κ1) is 18.4. The van der Waals surface area contributed by atoms with Crippen molar-refractivity contribution in [2.45, 2.75) is 20.0 Å².